The van der Waals surface area contributed by atoms with Crippen molar-refractivity contribution in [3.63, 3.8) is 0 Å². The van der Waals surface area contributed by atoms with Crippen molar-refractivity contribution in [2.45, 2.75) is 18.7 Å². The Bertz CT molecular complexity index is 1410. The number of anilines is 1. The lowest BCUT2D eigenvalue weighted by atomic mass is 10.1. The summed E-state index contributed by atoms with van der Waals surface area (Å²) in [7, 11) is 0. The van der Waals surface area contributed by atoms with Crippen LogP contribution in [-0.2, 0) is 11.3 Å². The van der Waals surface area contributed by atoms with Gasteiger partial charge in [-0.3, -0.25) is 4.79 Å². The van der Waals surface area contributed by atoms with Gasteiger partial charge in [0.05, 0.1) is 5.75 Å². The minimum absolute atomic E-state index is 0.112. The van der Waals surface area contributed by atoms with Crippen LogP contribution in [0.15, 0.2) is 70.3 Å². The quantitative estimate of drug-likeness (QED) is 0.327. The molecule has 0 aliphatic heterocycles. The molecule has 2 aromatic heterocycles. The Kier molecular flexibility index (Phi) is 4.89. The van der Waals surface area contributed by atoms with Crippen molar-refractivity contribution in [1.29, 1.82) is 0 Å². The molecule has 3 aromatic carbocycles. The largest absolute Gasteiger partial charge is 0.431 e. The van der Waals surface area contributed by atoms with Crippen LogP contribution < -0.4 is 5.32 Å². The number of fused-ring (bicyclic) bond motifs is 4. The van der Waals surface area contributed by atoms with E-state index in [4.69, 9.17) is 16.0 Å². The number of halogens is 1. The van der Waals surface area contributed by atoms with E-state index in [2.05, 4.69) is 40.0 Å². The molecule has 5 aromatic rings. The number of para-hydroxylation sites is 1. The van der Waals surface area contributed by atoms with Crippen LogP contribution in [0, 0.1) is 0 Å². The van der Waals surface area contributed by atoms with E-state index >= 15 is 0 Å². The number of carbonyl (C=O) groups excluding carboxylic acids is 1. The Morgan fingerprint density at radius 1 is 1.10 bits per heavy atom. The molecule has 7 heteroatoms. The highest BCUT2D eigenvalue weighted by molar-refractivity contribution is 7.99. The highest BCUT2D eigenvalue weighted by Crippen LogP contribution is 2.31. The van der Waals surface area contributed by atoms with Crippen molar-refractivity contribution in [3.8, 4) is 0 Å². The highest BCUT2D eigenvalue weighted by Gasteiger charge is 2.12. The number of thioether (sulfide) groups is 1. The third kappa shape index (κ3) is 3.42. The molecule has 0 aliphatic carbocycles. The second-order valence-electron chi connectivity index (χ2n) is 6.92. The number of amides is 1. The zero-order valence-electron chi connectivity index (χ0n) is 16.2. The summed E-state index contributed by atoms with van der Waals surface area (Å²) in [4.78, 5) is 16.9. The molecule has 0 bridgehead atoms. The topological polar surface area (TPSA) is 60.1 Å². The molecule has 0 atom stereocenters. The zero-order valence-corrected chi connectivity index (χ0v) is 17.8. The van der Waals surface area contributed by atoms with Gasteiger partial charge in [-0.2, -0.15) is 0 Å². The Labute approximate surface area is 182 Å². The number of rotatable bonds is 5. The first-order chi connectivity index (χ1) is 14.6. The van der Waals surface area contributed by atoms with E-state index in [1.165, 1.54) is 22.7 Å². The van der Waals surface area contributed by atoms with Crippen LogP contribution in [-0.4, -0.2) is 21.2 Å². The van der Waals surface area contributed by atoms with Crippen molar-refractivity contribution in [3.05, 3.63) is 65.7 Å². The second-order valence-corrected chi connectivity index (χ2v) is 8.29. The maximum atomic E-state index is 12.5. The lowest BCUT2D eigenvalue weighted by Crippen LogP contribution is -2.13. The Hall–Kier alpha value is -2.96. The molecule has 0 fully saturated rings. The summed E-state index contributed by atoms with van der Waals surface area (Å²) in [5.41, 5.74) is 4.47. The van der Waals surface area contributed by atoms with Crippen molar-refractivity contribution in [2.75, 3.05) is 11.1 Å². The molecule has 1 amide bonds. The van der Waals surface area contributed by atoms with Crippen molar-refractivity contribution >= 4 is 67.9 Å². The molecule has 150 valence electrons. The fraction of sp³-hybridized carbons (Fsp3) is 0.130. The summed E-state index contributed by atoms with van der Waals surface area (Å²) >= 11 is 7.24. The lowest BCUT2D eigenvalue weighted by Gasteiger charge is -2.06. The lowest BCUT2D eigenvalue weighted by molar-refractivity contribution is -0.113. The summed E-state index contributed by atoms with van der Waals surface area (Å²) in [6, 6.07) is 19.6. The summed E-state index contributed by atoms with van der Waals surface area (Å²) in [6.07, 6.45) is 0. The Morgan fingerprint density at radius 3 is 2.80 bits per heavy atom. The SMILES string of the molecule is CCn1c2ccccc2c2cc(NC(=O)CSc3nc4cc(Cl)ccc4o3)ccc21. The molecule has 0 radical (unpaired) electrons. The van der Waals surface area contributed by atoms with E-state index in [1.54, 1.807) is 18.2 Å². The molecule has 0 unspecified atom stereocenters. The summed E-state index contributed by atoms with van der Waals surface area (Å²) < 4.78 is 7.94. The number of carbonyl (C=O) groups is 1. The van der Waals surface area contributed by atoms with Crippen LogP contribution in [0.3, 0.4) is 0 Å². The number of aryl methyl sites for hydroxylation is 1. The number of hydrogen-bond donors (Lipinski definition) is 1. The molecule has 0 saturated heterocycles. The first-order valence-corrected chi connectivity index (χ1v) is 11.0. The number of benzene rings is 3. The van der Waals surface area contributed by atoms with Gasteiger partial charge in [0.2, 0.25) is 5.91 Å². The molecule has 0 spiro atoms. The third-order valence-corrected chi connectivity index (χ3v) is 6.09. The molecular weight excluding hydrogens is 418 g/mol. The third-order valence-electron chi connectivity index (χ3n) is 5.03. The van der Waals surface area contributed by atoms with Crippen LogP contribution in [0.1, 0.15) is 6.92 Å². The Morgan fingerprint density at radius 2 is 1.93 bits per heavy atom. The number of nitrogens with one attached hydrogen (secondary N) is 1. The maximum absolute atomic E-state index is 12.5. The molecule has 5 rings (SSSR count). The van der Waals surface area contributed by atoms with Crippen molar-refractivity contribution in [2.24, 2.45) is 0 Å². The summed E-state index contributed by atoms with van der Waals surface area (Å²) in [5, 5.41) is 6.35. The van der Waals surface area contributed by atoms with E-state index < -0.39 is 0 Å². The van der Waals surface area contributed by atoms with Crippen LogP contribution in [0.25, 0.3) is 32.9 Å². The van der Waals surface area contributed by atoms with E-state index in [0.717, 1.165) is 23.1 Å². The fourth-order valence-corrected chi connectivity index (χ4v) is 4.54. The van der Waals surface area contributed by atoms with Gasteiger partial charge in [-0.15, -0.1) is 0 Å². The standard InChI is InChI=1S/C23H18ClN3O2S/c1-2-27-19-6-4-3-5-16(19)17-12-15(8-9-20(17)27)25-22(28)13-30-23-26-18-11-14(24)7-10-21(18)29-23/h3-12H,2,13H2,1H3,(H,25,28). The number of hydrogen-bond acceptors (Lipinski definition) is 4. The fourth-order valence-electron chi connectivity index (χ4n) is 3.74. The van der Waals surface area contributed by atoms with Gasteiger partial charge in [-0.05, 0) is 49.4 Å². The first kappa shape index (κ1) is 19.0. The van der Waals surface area contributed by atoms with Crippen LogP contribution in [0.2, 0.25) is 5.02 Å². The molecule has 5 nitrogen and oxygen atoms in total. The van der Waals surface area contributed by atoms with Gasteiger partial charge < -0.3 is 14.3 Å². The van der Waals surface area contributed by atoms with Crippen LogP contribution in [0.5, 0.6) is 0 Å². The normalized spacial score (nSPS) is 11.5. The number of oxazole rings is 1. The minimum atomic E-state index is -0.112. The molecule has 2 heterocycles. The molecule has 1 N–H and O–H groups in total. The Balaban J connectivity index is 1.34. The van der Waals surface area contributed by atoms with Gasteiger partial charge in [0, 0.05) is 39.1 Å². The monoisotopic (exact) mass is 435 g/mol. The zero-order chi connectivity index (χ0) is 20.7. The van der Waals surface area contributed by atoms with Gasteiger partial charge >= 0.3 is 0 Å². The van der Waals surface area contributed by atoms with Gasteiger partial charge in [0.15, 0.2) is 5.58 Å². The van der Waals surface area contributed by atoms with Crippen LogP contribution >= 0.6 is 23.4 Å². The van der Waals surface area contributed by atoms with Gasteiger partial charge in [0.1, 0.15) is 5.52 Å². The van der Waals surface area contributed by atoms with E-state index in [-0.39, 0.29) is 11.7 Å². The first-order valence-electron chi connectivity index (χ1n) is 9.62. The minimum Gasteiger partial charge on any atom is -0.431 e. The summed E-state index contributed by atoms with van der Waals surface area (Å²) in [6.45, 7) is 3.03. The molecule has 0 aliphatic rings. The highest BCUT2D eigenvalue weighted by atomic mass is 35.5. The predicted octanol–water partition coefficient (Wildman–Crippen LogP) is 6.34. The van der Waals surface area contributed by atoms with Crippen molar-refractivity contribution < 1.29 is 9.21 Å². The molecule has 30 heavy (non-hydrogen) atoms. The van der Waals surface area contributed by atoms with Gasteiger partial charge in [0.25, 0.3) is 5.22 Å². The predicted molar refractivity (Wildman–Crippen MR) is 123 cm³/mol. The van der Waals surface area contributed by atoms with Gasteiger partial charge in [-0.1, -0.05) is 41.6 Å². The number of nitrogens with zero attached hydrogens (tertiary/aromatic N) is 2. The smallest absolute Gasteiger partial charge is 0.257 e. The van der Waals surface area contributed by atoms with Crippen molar-refractivity contribution in [1.82, 2.24) is 9.55 Å². The average Bonchev–Trinajstić information content (AvgIpc) is 3.30. The van der Waals surface area contributed by atoms with E-state index in [0.29, 0.717) is 21.3 Å². The molecule has 0 saturated carbocycles. The van der Waals surface area contributed by atoms with Crippen LogP contribution in [0.4, 0.5) is 5.69 Å². The average molecular weight is 436 g/mol. The van der Waals surface area contributed by atoms with Gasteiger partial charge in [-0.25, -0.2) is 4.98 Å². The van der Waals surface area contributed by atoms with E-state index in [1.807, 2.05) is 24.3 Å². The molecular formula is C23H18ClN3O2S. The maximum Gasteiger partial charge on any atom is 0.257 e. The van der Waals surface area contributed by atoms with E-state index in [9.17, 15) is 4.79 Å². The summed E-state index contributed by atoms with van der Waals surface area (Å²) in [5.74, 6) is 0.0915. The second kappa shape index (κ2) is 7.70. The number of aromatic nitrogens is 2.